The molecule has 0 saturated carbocycles. The van der Waals surface area contributed by atoms with Crippen molar-refractivity contribution in [1.82, 2.24) is 57.8 Å². The highest BCUT2D eigenvalue weighted by molar-refractivity contribution is 5.99. The van der Waals surface area contributed by atoms with Crippen molar-refractivity contribution in [2.45, 2.75) is 43.5 Å². The molecular formula is C33H45N23O12. The minimum atomic E-state index is -2.39. The van der Waals surface area contributed by atoms with Crippen molar-refractivity contribution in [3.63, 3.8) is 0 Å². The number of hydrogen-bond donors (Lipinski definition) is 22. The maximum atomic E-state index is 14.1. The molecule has 27 N–H and O–H groups in total. The fourth-order valence-corrected chi connectivity index (χ4v) is 5.43. The Labute approximate surface area is 380 Å². The Hall–Kier alpha value is -9.90. The molecule has 3 rings (SSSR count). The van der Waals surface area contributed by atoms with Gasteiger partial charge in [0.2, 0.25) is 18.1 Å². The van der Waals surface area contributed by atoms with Gasteiger partial charge in [0.05, 0.1) is 11.5 Å². The summed E-state index contributed by atoms with van der Waals surface area (Å²) in [6, 6.07) is 8.24. The normalized spacial score (nSPS) is 13.1. The van der Waals surface area contributed by atoms with E-state index in [4.69, 9.17) is 55.6 Å². The van der Waals surface area contributed by atoms with Crippen molar-refractivity contribution in [3.8, 4) is 5.75 Å². The van der Waals surface area contributed by atoms with Gasteiger partial charge in [-0.1, -0.05) is 30.3 Å². The number of non-ortho nitro benzene ring substituents is 1. The van der Waals surface area contributed by atoms with Crippen LogP contribution in [0, 0.1) is 31.8 Å². The minimum Gasteiger partial charge on any atom is -0.505 e. The number of aromatic hydroxyl groups is 1. The van der Waals surface area contributed by atoms with Crippen molar-refractivity contribution in [2.24, 2.45) is 28.7 Å². The molecule has 0 aliphatic heterocycles. The van der Waals surface area contributed by atoms with Crippen LogP contribution in [-0.4, -0.2) is 121 Å². The zero-order valence-electron chi connectivity index (χ0n) is 34.6. The summed E-state index contributed by atoms with van der Waals surface area (Å²) in [5.41, 5.74) is 27.0. The third-order valence-electron chi connectivity index (χ3n) is 8.32. The quantitative estimate of drug-likeness (QED) is 0.00798. The first-order chi connectivity index (χ1) is 32.0. The third-order valence-corrected chi connectivity index (χ3v) is 8.32. The van der Waals surface area contributed by atoms with E-state index in [-0.39, 0.29) is 11.1 Å². The number of aliphatic hydroxyl groups excluding tert-OH is 1. The Balaban J connectivity index is 1.96. The average molecular weight is 956 g/mol. The number of nitrogens with zero attached hydrogens (tertiary/aromatic N) is 4. The molecule has 68 heavy (non-hydrogen) atoms. The van der Waals surface area contributed by atoms with E-state index >= 15 is 0 Å². The fourth-order valence-electron chi connectivity index (χ4n) is 5.43. The summed E-state index contributed by atoms with van der Waals surface area (Å²) in [4.78, 5) is 103. The van der Waals surface area contributed by atoms with Gasteiger partial charge in [-0.05, 0) is 11.6 Å². The standard InChI is InChI=1S/C33H45N23O12/c34-18(58)19(50-29(35)36)46-24(60)21(52-31(39)40)48-26(62)22(53-32(41)42)49-25(61)20(51-30(37)38)47-23(59)16(12-5-2-1-3-6-12)45-27(63)28(64)55(33-43-7-4-8-44-33)11-13-9-14(56(65)66)10-15(17(13)57)54-68-67/h1-10,16,19-22,28,54,57,64,67H,11H2,(H2,34,58)(H,45,63)(H,46,60)(H,47,59)(H,48,62)(H,49,61)(H4,35,36,50)(H4,37,38,51)(H4,39,40,52)(H4,41,42,53). The first kappa shape index (κ1) is 52.4. The predicted molar refractivity (Wildman–Crippen MR) is 231 cm³/mol. The van der Waals surface area contributed by atoms with Crippen LogP contribution in [0.4, 0.5) is 17.3 Å². The van der Waals surface area contributed by atoms with E-state index in [2.05, 4.69) is 36.2 Å². The summed E-state index contributed by atoms with van der Waals surface area (Å²) in [6.45, 7) is -0.760. The molecule has 0 spiro atoms. The molecule has 0 bridgehead atoms. The largest absolute Gasteiger partial charge is 0.505 e. The van der Waals surface area contributed by atoms with Gasteiger partial charge in [0.25, 0.3) is 35.2 Å². The molecule has 1 heterocycles. The van der Waals surface area contributed by atoms with Crippen molar-refractivity contribution in [3.05, 3.63) is 82.2 Å². The number of nitro benzene ring substituents is 1. The maximum Gasteiger partial charge on any atom is 0.272 e. The summed E-state index contributed by atoms with van der Waals surface area (Å²) in [7, 11) is 0. The summed E-state index contributed by atoms with van der Waals surface area (Å²) in [6.07, 6.45) is -8.18. The predicted octanol–water partition coefficient (Wildman–Crippen LogP) is -7.72. The number of primary amides is 1. The Morgan fingerprint density at radius 1 is 0.676 bits per heavy atom. The average Bonchev–Trinajstić information content (AvgIpc) is 3.26. The van der Waals surface area contributed by atoms with Gasteiger partial charge in [-0.25, -0.2) is 20.7 Å². The smallest absolute Gasteiger partial charge is 0.272 e. The van der Waals surface area contributed by atoms with Gasteiger partial charge in [-0.3, -0.25) is 60.5 Å². The number of hydrogen-bond acceptors (Lipinski definition) is 20. The highest BCUT2D eigenvalue weighted by Gasteiger charge is 2.36. The number of phenols is 1. The maximum absolute atomic E-state index is 14.1. The lowest BCUT2D eigenvalue weighted by molar-refractivity contribution is -0.384. The van der Waals surface area contributed by atoms with Crippen LogP contribution in [0.15, 0.2) is 60.9 Å². The minimum absolute atomic E-state index is 0.000889. The van der Waals surface area contributed by atoms with Crippen LogP contribution >= 0.6 is 0 Å². The Morgan fingerprint density at radius 3 is 1.57 bits per heavy atom. The number of aliphatic hydroxyl groups is 1. The molecule has 0 saturated heterocycles. The van der Waals surface area contributed by atoms with E-state index < -0.39 is 131 Å². The number of phenolic OH excluding ortho intramolecular Hbond substituents is 1. The van der Waals surface area contributed by atoms with E-state index in [1.807, 2.05) is 32.1 Å². The van der Waals surface area contributed by atoms with Gasteiger partial charge in [-0.2, -0.15) is 0 Å². The van der Waals surface area contributed by atoms with Crippen LogP contribution in [0.3, 0.4) is 0 Å². The topological polar surface area (TPSA) is 590 Å². The molecule has 0 fully saturated rings. The molecule has 0 aliphatic carbocycles. The monoisotopic (exact) mass is 955 g/mol. The van der Waals surface area contributed by atoms with Gasteiger partial charge in [0.15, 0.2) is 48.5 Å². The number of nitrogens with two attached hydrogens (primary N) is 5. The van der Waals surface area contributed by atoms with E-state index in [0.29, 0.717) is 0 Å². The number of guanidine groups is 4. The number of aromatic nitrogens is 2. The lowest BCUT2D eigenvalue weighted by Gasteiger charge is -2.30. The molecule has 35 heteroatoms. The van der Waals surface area contributed by atoms with Crippen LogP contribution in [0.2, 0.25) is 0 Å². The highest BCUT2D eigenvalue weighted by Crippen LogP contribution is 2.34. The van der Waals surface area contributed by atoms with Gasteiger partial charge in [0.1, 0.15) is 17.5 Å². The van der Waals surface area contributed by atoms with Crippen molar-refractivity contribution >= 4 is 76.6 Å². The number of nitro groups is 1. The molecule has 0 radical (unpaired) electrons. The molecule has 364 valence electrons. The van der Waals surface area contributed by atoms with Crippen LogP contribution in [0.1, 0.15) is 17.2 Å². The molecule has 6 unspecified atom stereocenters. The summed E-state index contributed by atoms with van der Waals surface area (Å²) < 4.78 is 0. The Morgan fingerprint density at radius 2 is 1.13 bits per heavy atom. The highest BCUT2D eigenvalue weighted by atomic mass is 17.2. The number of benzene rings is 2. The van der Waals surface area contributed by atoms with Crippen LogP contribution in [0.25, 0.3) is 0 Å². The number of anilines is 2. The zero-order chi connectivity index (χ0) is 50.8. The summed E-state index contributed by atoms with van der Waals surface area (Å²) >= 11 is 0. The molecule has 0 aliphatic rings. The number of carbonyl (C=O) groups excluding carboxylic acids is 6. The van der Waals surface area contributed by atoms with Crippen molar-refractivity contribution in [1.29, 1.82) is 21.6 Å². The molecule has 2 aromatic carbocycles. The summed E-state index contributed by atoms with van der Waals surface area (Å²) in [5.74, 6) is -12.9. The van der Waals surface area contributed by atoms with Gasteiger partial charge in [-0.15, -0.1) is 4.99 Å². The van der Waals surface area contributed by atoms with E-state index in [1.165, 1.54) is 48.8 Å². The van der Waals surface area contributed by atoms with E-state index in [1.54, 1.807) is 0 Å². The summed E-state index contributed by atoms with van der Waals surface area (Å²) in [5, 5.41) is 91.9. The molecular weight excluding hydrogens is 911 g/mol. The van der Waals surface area contributed by atoms with Crippen LogP contribution < -0.4 is 86.9 Å². The van der Waals surface area contributed by atoms with Gasteiger partial charge in [0, 0.05) is 30.1 Å². The van der Waals surface area contributed by atoms with Gasteiger partial charge >= 0.3 is 0 Å². The first-order valence-electron chi connectivity index (χ1n) is 18.6. The second-order valence-corrected chi connectivity index (χ2v) is 13.3. The Kier molecular flexibility index (Phi) is 18.7. The Bertz CT molecular complexity index is 2400. The van der Waals surface area contributed by atoms with Crippen LogP contribution in [-0.2, 0) is 40.3 Å². The molecule has 35 nitrogen and oxygen atoms in total. The van der Waals surface area contributed by atoms with Gasteiger partial charge < -0.3 is 91.6 Å². The van der Waals surface area contributed by atoms with Crippen LogP contribution in [0.5, 0.6) is 5.75 Å². The second-order valence-electron chi connectivity index (χ2n) is 13.3. The molecule has 6 atom stereocenters. The second kappa shape index (κ2) is 24.2. The number of carbonyl (C=O) groups is 6. The number of nitrogens with one attached hydrogen (secondary N) is 14. The van der Waals surface area contributed by atoms with Crippen molar-refractivity contribution < 1.29 is 54.1 Å². The number of rotatable bonds is 23. The zero-order valence-corrected chi connectivity index (χ0v) is 34.6. The first-order valence-corrected chi connectivity index (χ1v) is 18.6. The lowest BCUT2D eigenvalue weighted by Crippen LogP contribution is -2.68. The third kappa shape index (κ3) is 15.4. The molecule has 3 aromatic rings. The SMILES string of the molecule is N=C(N)NC(NC(=O)C(NC(=N)N)NC(=O)C(NC(=N)N)NC(=O)C(NC(=N)N)NC(=O)C(NC(=O)C(O)N(Cc1cc([N+](=O)[O-])cc(NOO)c1O)c1ncccn1)c1ccccc1)C(N)=O. The molecule has 1 aromatic heterocycles. The van der Waals surface area contributed by atoms with E-state index in [9.17, 15) is 49.1 Å². The fraction of sp³-hybridized carbons (Fsp3) is 0.212. The van der Waals surface area contributed by atoms with Crippen molar-refractivity contribution in [2.75, 3.05) is 10.4 Å². The van der Waals surface area contributed by atoms with E-state index in [0.717, 1.165) is 17.0 Å². The molecule has 6 amide bonds. The number of amides is 6. The lowest BCUT2D eigenvalue weighted by atomic mass is 10.1.